The lowest BCUT2D eigenvalue weighted by molar-refractivity contribution is -0.123. The standard InChI is InChI=1S/C17H20N2O3S/c1-11(16(20)18-17(2,3)4)19-13-9-5-7-12-8-6-10-14(15(12)13)23(19,21)22/h5-11H,1-4H3,(H,18,20)/t11-/m1/s1. The van der Waals surface area contributed by atoms with E-state index in [1.165, 1.54) is 4.31 Å². The molecule has 0 unspecified atom stereocenters. The zero-order chi connectivity index (χ0) is 17.0. The van der Waals surface area contributed by atoms with Gasteiger partial charge in [-0.3, -0.25) is 9.10 Å². The summed E-state index contributed by atoms with van der Waals surface area (Å²) in [6, 6.07) is 9.80. The van der Waals surface area contributed by atoms with Crippen LogP contribution in [0.1, 0.15) is 27.7 Å². The number of rotatable bonds is 2. The molecule has 2 aromatic rings. The van der Waals surface area contributed by atoms with Crippen LogP contribution in [0.4, 0.5) is 5.69 Å². The molecule has 1 aliphatic rings. The summed E-state index contributed by atoms with van der Waals surface area (Å²) in [6.45, 7) is 7.21. The van der Waals surface area contributed by atoms with Crippen LogP contribution in [0.5, 0.6) is 0 Å². The van der Waals surface area contributed by atoms with Crippen LogP contribution in [0.25, 0.3) is 10.8 Å². The number of amides is 1. The quantitative estimate of drug-likeness (QED) is 0.919. The van der Waals surface area contributed by atoms with Gasteiger partial charge in [0.25, 0.3) is 10.0 Å². The van der Waals surface area contributed by atoms with Crippen molar-refractivity contribution >= 4 is 32.4 Å². The van der Waals surface area contributed by atoms with E-state index in [4.69, 9.17) is 0 Å². The number of benzene rings is 2. The molecular weight excluding hydrogens is 312 g/mol. The van der Waals surface area contributed by atoms with Gasteiger partial charge in [-0.15, -0.1) is 0 Å². The van der Waals surface area contributed by atoms with Gasteiger partial charge in [0.15, 0.2) is 0 Å². The van der Waals surface area contributed by atoms with Crippen molar-refractivity contribution in [1.82, 2.24) is 5.32 Å². The first-order chi connectivity index (χ1) is 10.6. The Balaban J connectivity index is 2.12. The van der Waals surface area contributed by atoms with E-state index in [9.17, 15) is 13.2 Å². The Labute approximate surface area is 136 Å². The summed E-state index contributed by atoms with van der Waals surface area (Å²) in [5.41, 5.74) is 0.142. The van der Waals surface area contributed by atoms with E-state index in [1.807, 2.05) is 39.0 Å². The highest BCUT2D eigenvalue weighted by Gasteiger charge is 2.41. The lowest BCUT2D eigenvalue weighted by atomic mass is 10.1. The summed E-state index contributed by atoms with van der Waals surface area (Å²) < 4.78 is 27.1. The zero-order valence-corrected chi connectivity index (χ0v) is 14.4. The third-order valence-electron chi connectivity index (χ3n) is 3.85. The maximum atomic E-state index is 12.9. The molecule has 0 aliphatic carbocycles. The van der Waals surface area contributed by atoms with Crippen molar-refractivity contribution in [3.63, 3.8) is 0 Å². The van der Waals surface area contributed by atoms with Gasteiger partial charge in [-0.05, 0) is 45.2 Å². The number of hydrogen-bond donors (Lipinski definition) is 1. The summed E-state index contributed by atoms with van der Waals surface area (Å²) in [6.07, 6.45) is 0. The molecule has 1 N–H and O–H groups in total. The molecule has 0 spiro atoms. The van der Waals surface area contributed by atoms with Crippen LogP contribution >= 0.6 is 0 Å². The highest BCUT2D eigenvalue weighted by molar-refractivity contribution is 7.93. The molecule has 3 rings (SSSR count). The largest absolute Gasteiger partial charge is 0.350 e. The molecule has 0 bridgehead atoms. The van der Waals surface area contributed by atoms with Gasteiger partial charge in [0.05, 0.1) is 10.6 Å². The van der Waals surface area contributed by atoms with Gasteiger partial charge >= 0.3 is 0 Å². The number of anilines is 1. The highest BCUT2D eigenvalue weighted by Crippen LogP contribution is 2.43. The average molecular weight is 332 g/mol. The Kier molecular flexibility index (Phi) is 3.41. The predicted molar refractivity (Wildman–Crippen MR) is 91.0 cm³/mol. The van der Waals surface area contributed by atoms with Gasteiger partial charge in [0.1, 0.15) is 6.04 Å². The van der Waals surface area contributed by atoms with Crippen LogP contribution in [0, 0.1) is 0 Å². The van der Waals surface area contributed by atoms with Crippen LogP contribution < -0.4 is 9.62 Å². The summed E-state index contributed by atoms with van der Waals surface area (Å²) in [4.78, 5) is 12.8. The molecule has 122 valence electrons. The second kappa shape index (κ2) is 4.96. The van der Waals surface area contributed by atoms with Crippen molar-refractivity contribution < 1.29 is 13.2 Å². The fourth-order valence-electron chi connectivity index (χ4n) is 2.92. The SMILES string of the molecule is C[C@H](C(=O)NC(C)(C)C)N1c2cccc3cccc(c23)S1(=O)=O. The Hall–Kier alpha value is -2.08. The number of nitrogens with one attached hydrogen (secondary N) is 1. The predicted octanol–water partition coefficient (Wildman–Crippen LogP) is 2.65. The Morgan fingerprint density at radius 2 is 1.74 bits per heavy atom. The van der Waals surface area contributed by atoms with Crippen molar-refractivity contribution in [3.8, 4) is 0 Å². The first-order valence-corrected chi connectivity index (χ1v) is 8.95. The lowest BCUT2D eigenvalue weighted by Gasteiger charge is -2.29. The minimum atomic E-state index is -3.73. The fraction of sp³-hybridized carbons (Fsp3) is 0.353. The monoisotopic (exact) mass is 332 g/mol. The molecule has 5 nitrogen and oxygen atoms in total. The van der Waals surface area contributed by atoms with E-state index in [0.29, 0.717) is 11.1 Å². The normalized spacial score (nSPS) is 17.3. The number of carbonyl (C=O) groups is 1. The van der Waals surface area contributed by atoms with Crippen molar-refractivity contribution in [3.05, 3.63) is 36.4 Å². The summed E-state index contributed by atoms with van der Waals surface area (Å²) in [5.74, 6) is -0.314. The zero-order valence-electron chi connectivity index (χ0n) is 13.6. The molecule has 6 heteroatoms. The minimum Gasteiger partial charge on any atom is -0.350 e. The van der Waals surface area contributed by atoms with Crippen LogP contribution in [-0.4, -0.2) is 25.9 Å². The number of carbonyl (C=O) groups excluding carboxylic acids is 1. The van der Waals surface area contributed by atoms with Crippen molar-refractivity contribution in [2.75, 3.05) is 4.31 Å². The lowest BCUT2D eigenvalue weighted by Crippen LogP contribution is -2.51. The molecule has 0 aromatic heterocycles. The van der Waals surface area contributed by atoms with E-state index >= 15 is 0 Å². The molecular formula is C17H20N2O3S. The first kappa shape index (κ1) is 15.8. The molecule has 0 saturated heterocycles. The third-order valence-corrected chi connectivity index (χ3v) is 5.78. The average Bonchev–Trinajstić information content (AvgIpc) is 2.67. The van der Waals surface area contributed by atoms with Gasteiger partial charge < -0.3 is 5.32 Å². The van der Waals surface area contributed by atoms with Crippen LogP contribution in [-0.2, 0) is 14.8 Å². The molecule has 1 amide bonds. The maximum absolute atomic E-state index is 12.9. The molecule has 0 saturated carbocycles. The van der Waals surface area contributed by atoms with Gasteiger partial charge in [0, 0.05) is 10.9 Å². The molecule has 1 aliphatic heterocycles. The van der Waals surface area contributed by atoms with Crippen LogP contribution in [0.15, 0.2) is 41.3 Å². The van der Waals surface area contributed by atoms with Gasteiger partial charge in [-0.25, -0.2) is 8.42 Å². The number of nitrogens with zero attached hydrogens (tertiary/aromatic N) is 1. The topological polar surface area (TPSA) is 66.5 Å². The van der Waals surface area contributed by atoms with E-state index in [2.05, 4.69) is 5.32 Å². The molecule has 2 aromatic carbocycles. The first-order valence-electron chi connectivity index (χ1n) is 7.51. The van der Waals surface area contributed by atoms with Gasteiger partial charge in [-0.1, -0.05) is 24.3 Å². The molecule has 0 radical (unpaired) electrons. The third kappa shape index (κ3) is 2.47. The van der Waals surface area contributed by atoms with Gasteiger partial charge in [-0.2, -0.15) is 0 Å². The van der Waals surface area contributed by atoms with Crippen LogP contribution in [0.3, 0.4) is 0 Å². The molecule has 1 atom stereocenters. The van der Waals surface area contributed by atoms with Crippen molar-refractivity contribution in [1.29, 1.82) is 0 Å². The fourth-order valence-corrected chi connectivity index (χ4v) is 4.78. The Bertz CT molecular complexity index is 892. The Morgan fingerprint density at radius 1 is 1.13 bits per heavy atom. The smallest absolute Gasteiger partial charge is 0.265 e. The van der Waals surface area contributed by atoms with E-state index in [0.717, 1.165) is 5.39 Å². The van der Waals surface area contributed by atoms with Crippen molar-refractivity contribution in [2.45, 2.75) is 44.2 Å². The summed E-state index contributed by atoms with van der Waals surface area (Å²) >= 11 is 0. The molecule has 1 heterocycles. The van der Waals surface area contributed by atoms with E-state index in [-0.39, 0.29) is 10.8 Å². The highest BCUT2D eigenvalue weighted by atomic mass is 32.2. The molecule has 0 fully saturated rings. The summed E-state index contributed by atoms with van der Waals surface area (Å²) in [5, 5.41) is 4.39. The maximum Gasteiger partial charge on any atom is 0.265 e. The summed E-state index contributed by atoms with van der Waals surface area (Å²) in [7, 11) is -3.73. The van der Waals surface area contributed by atoms with E-state index in [1.54, 1.807) is 25.1 Å². The minimum absolute atomic E-state index is 0.265. The second-order valence-electron chi connectivity index (χ2n) is 6.85. The molecule has 23 heavy (non-hydrogen) atoms. The second-order valence-corrected chi connectivity index (χ2v) is 8.63. The van der Waals surface area contributed by atoms with Crippen molar-refractivity contribution in [2.24, 2.45) is 0 Å². The number of sulfonamides is 1. The Morgan fingerprint density at radius 3 is 2.35 bits per heavy atom. The van der Waals surface area contributed by atoms with Gasteiger partial charge in [0.2, 0.25) is 5.91 Å². The van der Waals surface area contributed by atoms with E-state index < -0.39 is 21.6 Å². The number of hydrogen-bond acceptors (Lipinski definition) is 3. The van der Waals surface area contributed by atoms with Crippen LogP contribution in [0.2, 0.25) is 0 Å².